The fraction of sp³-hybridized carbons (Fsp3) is 0.385. The number of aliphatic hydroxyl groups excluding tert-OH is 1. The van der Waals surface area contributed by atoms with Crippen LogP contribution in [0.1, 0.15) is 12.8 Å². The van der Waals surface area contributed by atoms with Crippen LogP contribution in [0, 0.1) is 0 Å². The minimum absolute atomic E-state index is 0.268. The van der Waals surface area contributed by atoms with E-state index in [-0.39, 0.29) is 6.61 Å². The summed E-state index contributed by atoms with van der Waals surface area (Å²) in [5.41, 5.74) is 0. The second kappa shape index (κ2) is 6.38. The molecule has 0 spiro atoms. The van der Waals surface area contributed by atoms with Gasteiger partial charge in [0.1, 0.15) is 8.07 Å². The Kier molecular flexibility index (Phi) is 5.45. The lowest BCUT2D eigenvalue weighted by molar-refractivity contribution is 0.289. The first-order valence-corrected chi connectivity index (χ1v) is 9.41. The summed E-state index contributed by atoms with van der Waals surface area (Å²) in [6.07, 6.45) is 4.00. The molecule has 0 atom stereocenters. The second-order valence-corrected chi connectivity index (χ2v) is 10.4. The minimum Gasteiger partial charge on any atom is -0.396 e. The summed E-state index contributed by atoms with van der Waals surface area (Å²) < 4.78 is 1.32. The molecule has 0 saturated heterocycles. The summed E-state index contributed by atoms with van der Waals surface area (Å²) in [4.78, 5) is 0. The van der Waals surface area contributed by atoms with Crippen molar-refractivity contribution >= 4 is 29.2 Å². The van der Waals surface area contributed by atoms with Crippen molar-refractivity contribution in [2.24, 2.45) is 0 Å². The molecule has 1 aromatic carbocycles. The average molecular weight is 299 g/mol. The van der Waals surface area contributed by atoms with Gasteiger partial charge in [0, 0.05) is 6.61 Å². The molecule has 1 nitrogen and oxygen atoms in total. The van der Waals surface area contributed by atoms with Crippen LogP contribution >= 0.6 is 15.9 Å². The van der Waals surface area contributed by atoms with Gasteiger partial charge in [0.25, 0.3) is 0 Å². The number of benzene rings is 1. The third kappa shape index (κ3) is 3.58. The fourth-order valence-corrected chi connectivity index (χ4v) is 4.44. The van der Waals surface area contributed by atoms with Gasteiger partial charge in [-0.05, 0) is 16.9 Å². The maximum absolute atomic E-state index is 8.77. The maximum atomic E-state index is 8.77. The monoisotopic (exact) mass is 298 g/mol. The highest BCUT2D eigenvalue weighted by Crippen LogP contribution is 2.21. The summed E-state index contributed by atoms with van der Waals surface area (Å²) in [6.45, 7) is 4.94. The van der Waals surface area contributed by atoms with Crippen molar-refractivity contribution in [2.45, 2.75) is 25.9 Å². The van der Waals surface area contributed by atoms with Crippen LogP contribution in [0.4, 0.5) is 0 Å². The van der Waals surface area contributed by atoms with Crippen LogP contribution in [0.3, 0.4) is 0 Å². The molecule has 0 bridgehead atoms. The molecule has 0 radical (unpaired) electrons. The van der Waals surface area contributed by atoms with E-state index >= 15 is 0 Å². The van der Waals surface area contributed by atoms with Gasteiger partial charge in [-0.25, -0.2) is 0 Å². The van der Waals surface area contributed by atoms with Gasteiger partial charge in [0.15, 0.2) is 0 Å². The summed E-state index contributed by atoms with van der Waals surface area (Å²) in [7, 11) is -1.54. The van der Waals surface area contributed by atoms with E-state index in [1.165, 1.54) is 9.29 Å². The van der Waals surface area contributed by atoms with E-state index in [4.69, 9.17) is 5.11 Å². The number of halogens is 1. The Balaban J connectivity index is 2.81. The second-order valence-electron chi connectivity index (χ2n) is 4.41. The molecule has 0 saturated carbocycles. The molecule has 88 valence electrons. The van der Waals surface area contributed by atoms with Crippen molar-refractivity contribution in [2.75, 3.05) is 6.61 Å². The predicted molar refractivity (Wildman–Crippen MR) is 76.9 cm³/mol. The maximum Gasteiger partial charge on any atom is 0.120 e. The van der Waals surface area contributed by atoms with E-state index in [0.29, 0.717) is 0 Å². The van der Waals surface area contributed by atoms with Crippen molar-refractivity contribution in [1.82, 2.24) is 0 Å². The number of rotatable bonds is 5. The molecule has 1 rings (SSSR count). The standard InChI is InChI=1S/C13H19BrOSi/c1-16(2,12-8-4-3-5-9-12)13(14)10-6-7-11-15/h3-5,8-10,15H,6-7,11H2,1-2H3/b13-10-. The zero-order valence-electron chi connectivity index (χ0n) is 9.91. The van der Waals surface area contributed by atoms with Crippen molar-refractivity contribution in [3.05, 3.63) is 40.5 Å². The van der Waals surface area contributed by atoms with Crippen LogP contribution in [0.2, 0.25) is 13.1 Å². The lowest BCUT2D eigenvalue weighted by Crippen LogP contribution is -2.41. The molecule has 1 aromatic rings. The first kappa shape index (κ1) is 13.7. The Labute approximate surface area is 107 Å². The molecule has 16 heavy (non-hydrogen) atoms. The van der Waals surface area contributed by atoms with Crippen molar-refractivity contribution in [3.63, 3.8) is 0 Å². The zero-order chi connectivity index (χ0) is 12.0. The Morgan fingerprint density at radius 1 is 1.31 bits per heavy atom. The highest BCUT2D eigenvalue weighted by molar-refractivity contribution is 9.12. The lowest BCUT2D eigenvalue weighted by Gasteiger charge is -2.22. The van der Waals surface area contributed by atoms with E-state index in [0.717, 1.165) is 12.8 Å². The number of hydrogen-bond donors (Lipinski definition) is 1. The molecule has 0 aliphatic rings. The molecule has 0 unspecified atom stereocenters. The largest absolute Gasteiger partial charge is 0.396 e. The van der Waals surface area contributed by atoms with E-state index in [2.05, 4.69) is 65.4 Å². The van der Waals surface area contributed by atoms with Gasteiger partial charge in [-0.2, -0.15) is 0 Å². The number of allylic oxidation sites excluding steroid dienone is 1. The molecular formula is C13H19BrOSi. The minimum atomic E-state index is -1.54. The normalized spacial score (nSPS) is 12.9. The van der Waals surface area contributed by atoms with Crippen LogP contribution < -0.4 is 5.19 Å². The summed E-state index contributed by atoms with van der Waals surface area (Å²) >= 11 is 3.71. The van der Waals surface area contributed by atoms with Crippen LogP contribution in [0.5, 0.6) is 0 Å². The highest BCUT2D eigenvalue weighted by atomic mass is 79.9. The van der Waals surface area contributed by atoms with E-state index in [1.807, 2.05) is 0 Å². The molecule has 0 aromatic heterocycles. The molecule has 0 heterocycles. The predicted octanol–water partition coefficient (Wildman–Crippen LogP) is 3.19. The van der Waals surface area contributed by atoms with Gasteiger partial charge in [-0.3, -0.25) is 0 Å². The molecule has 0 fully saturated rings. The molecule has 1 N–H and O–H groups in total. The van der Waals surface area contributed by atoms with Gasteiger partial charge >= 0.3 is 0 Å². The molecular weight excluding hydrogens is 280 g/mol. The lowest BCUT2D eigenvalue weighted by atomic mass is 10.3. The third-order valence-electron chi connectivity index (χ3n) is 2.78. The van der Waals surface area contributed by atoms with Crippen LogP contribution in [0.15, 0.2) is 40.5 Å². The third-order valence-corrected chi connectivity index (χ3v) is 9.25. The van der Waals surface area contributed by atoms with Crippen molar-refractivity contribution in [1.29, 1.82) is 0 Å². The van der Waals surface area contributed by atoms with Gasteiger partial charge in [-0.15, -0.1) is 0 Å². The SMILES string of the molecule is C[Si](C)(/C(Br)=C\CCCO)c1ccccc1. The van der Waals surface area contributed by atoms with Gasteiger partial charge in [0.2, 0.25) is 0 Å². The Hall–Kier alpha value is -0.383. The summed E-state index contributed by atoms with van der Waals surface area (Å²) in [6, 6.07) is 10.6. The van der Waals surface area contributed by atoms with Crippen LogP contribution in [-0.4, -0.2) is 19.8 Å². The Bertz CT molecular complexity index is 346. The molecule has 0 aliphatic heterocycles. The van der Waals surface area contributed by atoms with Crippen LogP contribution in [-0.2, 0) is 0 Å². The Morgan fingerprint density at radius 2 is 1.94 bits per heavy atom. The van der Waals surface area contributed by atoms with Gasteiger partial charge < -0.3 is 5.11 Å². The number of aliphatic hydroxyl groups is 1. The van der Waals surface area contributed by atoms with E-state index < -0.39 is 8.07 Å². The summed E-state index contributed by atoms with van der Waals surface area (Å²) in [5, 5.41) is 10.2. The highest BCUT2D eigenvalue weighted by Gasteiger charge is 2.26. The quantitative estimate of drug-likeness (QED) is 0.654. The summed E-state index contributed by atoms with van der Waals surface area (Å²) in [5.74, 6) is 0. The first-order chi connectivity index (χ1) is 7.59. The van der Waals surface area contributed by atoms with Crippen LogP contribution in [0.25, 0.3) is 0 Å². The average Bonchev–Trinajstić information content (AvgIpc) is 2.30. The van der Waals surface area contributed by atoms with Gasteiger partial charge in [0.05, 0.1) is 0 Å². The van der Waals surface area contributed by atoms with Crippen molar-refractivity contribution < 1.29 is 5.11 Å². The van der Waals surface area contributed by atoms with Crippen molar-refractivity contribution in [3.8, 4) is 0 Å². The zero-order valence-corrected chi connectivity index (χ0v) is 12.5. The van der Waals surface area contributed by atoms with Gasteiger partial charge in [-0.1, -0.05) is 70.6 Å². The molecule has 0 amide bonds. The smallest absolute Gasteiger partial charge is 0.120 e. The first-order valence-electron chi connectivity index (χ1n) is 5.61. The molecule has 0 aliphatic carbocycles. The molecule has 3 heteroatoms. The fourth-order valence-electron chi connectivity index (χ4n) is 1.57. The van der Waals surface area contributed by atoms with E-state index in [9.17, 15) is 0 Å². The number of unbranched alkanes of at least 4 members (excludes halogenated alkanes) is 1. The topological polar surface area (TPSA) is 20.2 Å². The number of hydrogen-bond acceptors (Lipinski definition) is 1. The Morgan fingerprint density at radius 3 is 2.50 bits per heavy atom. The van der Waals surface area contributed by atoms with E-state index in [1.54, 1.807) is 0 Å².